The third-order valence-corrected chi connectivity index (χ3v) is 7.66. The average molecular weight is 481 g/mol. The van der Waals surface area contributed by atoms with Crippen LogP contribution < -0.4 is 9.62 Å². The molecule has 178 valence electrons. The van der Waals surface area contributed by atoms with E-state index in [1.807, 2.05) is 55.4 Å². The average Bonchev–Trinajstić information content (AvgIpc) is 2.84. The van der Waals surface area contributed by atoms with Gasteiger partial charge in [-0.3, -0.25) is 15.0 Å². The van der Waals surface area contributed by atoms with Gasteiger partial charge in [-0.25, -0.2) is 13.1 Å². The smallest absolute Gasteiger partial charge is 0.269 e. The number of hydrogen-bond donors (Lipinski definition) is 1. The summed E-state index contributed by atoms with van der Waals surface area (Å²) in [6.45, 7) is 1.73. The van der Waals surface area contributed by atoms with E-state index in [-0.39, 0.29) is 23.2 Å². The van der Waals surface area contributed by atoms with Crippen molar-refractivity contribution >= 4 is 21.4 Å². The maximum atomic E-state index is 13.0. The van der Waals surface area contributed by atoms with Crippen molar-refractivity contribution in [1.29, 1.82) is 0 Å². The molecule has 1 unspecified atom stereocenters. The quantitative estimate of drug-likeness (QED) is 0.390. The molecule has 3 aromatic carbocycles. The van der Waals surface area contributed by atoms with E-state index in [2.05, 4.69) is 21.8 Å². The molecule has 4 rings (SSSR count). The second kappa shape index (κ2) is 9.92. The standard InChI is InChI=1S/C25H28N4O4S/c1-27(2)22-9-7-20(8-10-22)25(28-16-15-19-5-3-4-6-21(19)18-28)17-26-34(32,33)24-13-11-23(12-14-24)29(30)31/h3-14,25-26H,15-18H2,1-2H3. The first kappa shape index (κ1) is 23.9. The van der Waals surface area contributed by atoms with Crippen LogP contribution in [0.3, 0.4) is 0 Å². The summed E-state index contributed by atoms with van der Waals surface area (Å²) in [5.74, 6) is 0. The van der Waals surface area contributed by atoms with E-state index in [1.54, 1.807) is 0 Å². The summed E-state index contributed by atoms with van der Waals surface area (Å²) in [6, 6.07) is 21.2. The number of benzene rings is 3. The van der Waals surface area contributed by atoms with Gasteiger partial charge in [-0.15, -0.1) is 0 Å². The molecule has 1 N–H and O–H groups in total. The van der Waals surface area contributed by atoms with Crippen LogP contribution in [0.15, 0.2) is 77.7 Å². The van der Waals surface area contributed by atoms with Crippen LogP contribution in [0.5, 0.6) is 0 Å². The van der Waals surface area contributed by atoms with E-state index in [9.17, 15) is 18.5 Å². The Bertz CT molecular complexity index is 1260. The maximum absolute atomic E-state index is 13.0. The molecule has 1 heterocycles. The van der Waals surface area contributed by atoms with Crippen molar-refractivity contribution in [3.8, 4) is 0 Å². The van der Waals surface area contributed by atoms with E-state index >= 15 is 0 Å². The van der Waals surface area contributed by atoms with E-state index in [0.29, 0.717) is 0 Å². The summed E-state index contributed by atoms with van der Waals surface area (Å²) in [5.41, 5.74) is 4.52. The first-order valence-electron chi connectivity index (χ1n) is 11.1. The molecule has 34 heavy (non-hydrogen) atoms. The minimum Gasteiger partial charge on any atom is -0.378 e. The predicted octanol–water partition coefficient (Wildman–Crippen LogP) is 3.74. The highest BCUT2D eigenvalue weighted by Crippen LogP contribution is 2.29. The summed E-state index contributed by atoms with van der Waals surface area (Å²) in [5, 5.41) is 10.9. The van der Waals surface area contributed by atoms with Gasteiger partial charge in [0.05, 0.1) is 9.82 Å². The number of nitrogens with one attached hydrogen (secondary N) is 1. The normalized spacial score (nSPS) is 14.9. The van der Waals surface area contributed by atoms with E-state index in [1.165, 1.54) is 35.4 Å². The molecule has 9 heteroatoms. The largest absolute Gasteiger partial charge is 0.378 e. The van der Waals surface area contributed by atoms with Gasteiger partial charge in [-0.1, -0.05) is 36.4 Å². The lowest BCUT2D eigenvalue weighted by atomic mass is 9.96. The van der Waals surface area contributed by atoms with Gasteiger partial charge in [0.2, 0.25) is 10.0 Å². The van der Waals surface area contributed by atoms with Crippen molar-refractivity contribution in [2.24, 2.45) is 0 Å². The first-order valence-corrected chi connectivity index (χ1v) is 12.5. The summed E-state index contributed by atoms with van der Waals surface area (Å²) >= 11 is 0. The predicted molar refractivity (Wildman–Crippen MR) is 132 cm³/mol. The number of hydrogen-bond acceptors (Lipinski definition) is 6. The molecule has 3 aromatic rings. The lowest BCUT2D eigenvalue weighted by Crippen LogP contribution is -2.40. The lowest BCUT2D eigenvalue weighted by Gasteiger charge is -2.36. The minimum absolute atomic E-state index is 0.00351. The monoisotopic (exact) mass is 480 g/mol. The molecule has 1 atom stereocenters. The van der Waals surface area contributed by atoms with Gasteiger partial charge in [0, 0.05) is 57.6 Å². The fraction of sp³-hybridized carbons (Fsp3) is 0.280. The third kappa shape index (κ3) is 5.27. The zero-order valence-corrected chi connectivity index (χ0v) is 20.0. The Morgan fingerprint density at radius 2 is 1.65 bits per heavy atom. The molecule has 1 aliphatic heterocycles. The molecule has 0 spiro atoms. The van der Waals surface area contributed by atoms with Crippen molar-refractivity contribution in [3.05, 3.63) is 99.6 Å². The van der Waals surface area contributed by atoms with E-state index in [0.717, 1.165) is 30.8 Å². The maximum Gasteiger partial charge on any atom is 0.269 e. The molecule has 0 aromatic heterocycles. The van der Waals surface area contributed by atoms with Crippen LogP contribution in [0.25, 0.3) is 0 Å². The second-order valence-electron chi connectivity index (χ2n) is 8.59. The number of rotatable bonds is 8. The summed E-state index contributed by atoms with van der Waals surface area (Å²) in [4.78, 5) is 14.7. The molecule has 0 bridgehead atoms. The first-order chi connectivity index (χ1) is 16.2. The van der Waals surface area contributed by atoms with Gasteiger partial charge >= 0.3 is 0 Å². The number of sulfonamides is 1. The molecule has 0 saturated carbocycles. The minimum atomic E-state index is -3.83. The molecule has 8 nitrogen and oxygen atoms in total. The van der Waals surface area contributed by atoms with Crippen LogP contribution in [-0.2, 0) is 23.0 Å². The number of non-ortho nitro benzene ring substituents is 1. The van der Waals surface area contributed by atoms with Gasteiger partial charge < -0.3 is 4.90 Å². The Morgan fingerprint density at radius 3 is 2.26 bits per heavy atom. The third-order valence-electron chi connectivity index (χ3n) is 6.22. The topological polar surface area (TPSA) is 95.8 Å². The number of anilines is 1. The number of nitro benzene ring substituents is 1. The Hall–Kier alpha value is -3.27. The molecule has 0 fully saturated rings. The Kier molecular flexibility index (Phi) is 6.97. The Morgan fingerprint density at radius 1 is 1.00 bits per heavy atom. The van der Waals surface area contributed by atoms with Crippen LogP contribution in [0.2, 0.25) is 0 Å². The molecular weight excluding hydrogens is 452 g/mol. The number of nitro groups is 1. The lowest BCUT2D eigenvalue weighted by molar-refractivity contribution is -0.384. The molecule has 0 radical (unpaired) electrons. The van der Waals surface area contributed by atoms with Crippen molar-refractivity contribution in [3.63, 3.8) is 0 Å². The number of nitrogens with zero attached hydrogens (tertiary/aromatic N) is 3. The van der Waals surface area contributed by atoms with Crippen LogP contribution in [0, 0.1) is 10.1 Å². The zero-order valence-electron chi connectivity index (χ0n) is 19.2. The van der Waals surface area contributed by atoms with Gasteiger partial charge in [0.1, 0.15) is 0 Å². The van der Waals surface area contributed by atoms with Crippen molar-refractivity contribution in [1.82, 2.24) is 9.62 Å². The highest BCUT2D eigenvalue weighted by atomic mass is 32.2. The molecule has 1 aliphatic rings. The summed E-state index contributed by atoms with van der Waals surface area (Å²) < 4.78 is 28.7. The SMILES string of the molecule is CN(C)c1ccc(C(CNS(=O)(=O)c2ccc([N+](=O)[O-])cc2)N2CCc3ccccc3C2)cc1. The van der Waals surface area contributed by atoms with Gasteiger partial charge in [0.25, 0.3) is 5.69 Å². The van der Waals surface area contributed by atoms with Gasteiger partial charge in [-0.05, 0) is 47.4 Å². The van der Waals surface area contributed by atoms with Crippen LogP contribution in [0.1, 0.15) is 22.7 Å². The highest BCUT2D eigenvalue weighted by Gasteiger charge is 2.27. The summed E-state index contributed by atoms with van der Waals surface area (Å²) in [6.07, 6.45) is 0.900. The Labute approximate surface area is 200 Å². The highest BCUT2D eigenvalue weighted by molar-refractivity contribution is 7.89. The van der Waals surface area contributed by atoms with E-state index in [4.69, 9.17) is 0 Å². The van der Waals surface area contributed by atoms with Crippen molar-refractivity contribution < 1.29 is 13.3 Å². The second-order valence-corrected chi connectivity index (χ2v) is 10.4. The molecule has 0 aliphatic carbocycles. The van der Waals surface area contributed by atoms with Gasteiger partial charge in [0.15, 0.2) is 0 Å². The van der Waals surface area contributed by atoms with Crippen LogP contribution in [-0.4, -0.2) is 45.4 Å². The fourth-order valence-corrected chi connectivity index (χ4v) is 5.29. The molecule has 0 amide bonds. The van der Waals surface area contributed by atoms with Gasteiger partial charge in [-0.2, -0.15) is 0 Å². The summed E-state index contributed by atoms with van der Waals surface area (Å²) in [7, 11) is 0.123. The fourth-order valence-electron chi connectivity index (χ4n) is 4.25. The molecular formula is C25H28N4O4S. The van der Waals surface area contributed by atoms with Crippen molar-refractivity contribution in [2.45, 2.75) is 23.9 Å². The van der Waals surface area contributed by atoms with Crippen LogP contribution >= 0.6 is 0 Å². The zero-order chi connectivity index (χ0) is 24.3. The Balaban J connectivity index is 1.58. The van der Waals surface area contributed by atoms with Crippen molar-refractivity contribution in [2.75, 3.05) is 32.1 Å². The van der Waals surface area contributed by atoms with Crippen LogP contribution in [0.4, 0.5) is 11.4 Å². The van der Waals surface area contributed by atoms with E-state index < -0.39 is 14.9 Å². The number of fused-ring (bicyclic) bond motifs is 1. The molecule has 0 saturated heterocycles.